The molecule has 9 nitrogen and oxygen atoms in total. The van der Waals surface area contributed by atoms with E-state index in [0.29, 0.717) is 23.8 Å². The van der Waals surface area contributed by atoms with E-state index in [-0.39, 0.29) is 19.1 Å². The largest absolute Gasteiger partial charge is 0.447 e. The van der Waals surface area contributed by atoms with E-state index in [0.717, 1.165) is 10.5 Å². The van der Waals surface area contributed by atoms with Crippen molar-refractivity contribution in [1.29, 1.82) is 0 Å². The van der Waals surface area contributed by atoms with Crippen molar-refractivity contribution in [2.75, 3.05) is 24.3 Å². The zero-order valence-electron chi connectivity index (χ0n) is 17.5. The van der Waals surface area contributed by atoms with Gasteiger partial charge in [0, 0.05) is 17.5 Å². The highest BCUT2D eigenvalue weighted by Crippen LogP contribution is 2.37. The van der Waals surface area contributed by atoms with Gasteiger partial charge in [-0.3, -0.25) is 14.9 Å². The third kappa shape index (κ3) is 6.28. The Balaban J connectivity index is 1.18. The van der Waals surface area contributed by atoms with Crippen LogP contribution in [0.4, 0.5) is 10.6 Å². The van der Waals surface area contributed by atoms with Crippen LogP contribution in [0.5, 0.6) is 0 Å². The molecular formula is C22H22N4O5S2. The maximum absolute atomic E-state index is 12.7. The van der Waals surface area contributed by atoms with Gasteiger partial charge < -0.3 is 20.1 Å². The highest BCUT2D eigenvalue weighted by molar-refractivity contribution is 8.01. The minimum atomic E-state index is -0.860. The number of thioether (sulfide) groups is 2. The maximum atomic E-state index is 12.7. The van der Waals surface area contributed by atoms with Gasteiger partial charge in [0.05, 0.1) is 18.1 Å². The summed E-state index contributed by atoms with van der Waals surface area (Å²) >= 11 is 2.75. The number of benzene rings is 1. The van der Waals surface area contributed by atoms with Crippen LogP contribution in [0.1, 0.15) is 5.56 Å². The van der Waals surface area contributed by atoms with Gasteiger partial charge in [0.2, 0.25) is 0 Å². The van der Waals surface area contributed by atoms with Crippen LogP contribution in [0, 0.1) is 0 Å². The van der Waals surface area contributed by atoms with Crippen molar-refractivity contribution in [2.45, 2.75) is 22.3 Å². The molecule has 11 heteroatoms. The van der Waals surface area contributed by atoms with Crippen LogP contribution in [-0.4, -0.2) is 52.6 Å². The predicted octanol–water partition coefficient (Wildman–Crippen LogP) is 2.51. The molecule has 0 bridgehead atoms. The van der Waals surface area contributed by atoms with E-state index in [1.165, 1.54) is 23.5 Å². The number of hydrogen-bond donors (Lipinski definition) is 3. The zero-order chi connectivity index (χ0) is 23.0. The summed E-state index contributed by atoms with van der Waals surface area (Å²) in [5.74, 6) is 0.334. The van der Waals surface area contributed by atoms with E-state index in [4.69, 9.17) is 9.47 Å². The summed E-state index contributed by atoms with van der Waals surface area (Å²) < 4.78 is 10.4. The van der Waals surface area contributed by atoms with Crippen LogP contribution in [0.3, 0.4) is 0 Å². The fourth-order valence-electron chi connectivity index (χ4n) is 3.12. The second kappa shape index (κ2) is 11.2. The number of nitrogens with zero attached hydrogens (tertiary/aromatic N) is 1. The molecule has 0 fully saturated rings. The number of amides is 3. The van der Waals surface area contributed by atoms with Gasteiger partial charge in [-0.1, -0.05) is 48.2 Å². The van der Waals surface area contributed by atoms with Crippen LogP contribution < -0.4 is 16.0 Å². The number of rotatable bonds is 8. The Morgan fingerprint density at radius 1 is 1.12 bits per heavy atom. The Bertz CT molecular complexity index is 1030. The van der Waals surface area contributed by atoms with E-state index in [1.807, 2.05) is 36.4 Å². The van der Waals surface area contributed by atoms with Crippen molar-refractivity contribution in [3.8, 4) is 0 Å². The molecule has 2 unspecified atom stereocenters. The number of imide groups is 1. The van der Waals surface area contributed by atoms with Crippen molar-refractivity contribution in [2.24, 2.45) is 0 Å². The molecule has 172 valence electrons. The van der Waals surface area contributed by atoms with E-state index in [1.54, 1.807) is 18.3 Å². The molecule has 0 radical (unpaired) electrons. The Labute approximate surface area is 199 Å². The number of carbonyl (C=O) groups excluding carboxylic acids is 3. The topological polar surface area (TPSA) is 119 Å². The molecule has 0 saturated heterocycles. The minimum absolute atomic E-state index is 0.0130. The van der Waals surface area contributed by atoms with Gasteiger partial charge in [-0.15, -0.1) is 11.8 Å². The fraction of sp³-hybridized carbons (Fsp3) is 0.273. The molecule has 2 aliphatic heterocycles. The van der Waals surface area contributed by atoms with E-state index in [2.05, 4.69) is 20.9 Å². The van der Waals surface area contributed by atoms with Crippen molar-refractivity contribution in [3.63, 3.8) is 0 Å². The highest BCUT2D eigenvalue weighted by atomic mass is 32.2. The van der Waals surface area contributed by atoms with E-state index >= 15 is 0 Å². The number of hydrogen-bond acceptors (Lipinski definition) is 9. The summed E-state index contributed by atoms with van der Waals surface area (Å²) in [5, 5.41) is 7.00. The zero-order valence-corrected chi connectivity index (χ0v) is 19.1. The Kier molecular flexibility index (Phi) is 7.87. The van der Waals surface area contributed by atoms with E-state index in [9.17, 15) is 14.4 Å². The lowest BCUT2D eigenvalue weighted by Gasteiger charge is -2.18. The summed E-state index contributed by atoms with van der Waals surface area (Å²) in [5.41, 5.74) is 1.33. The highest BCUT2D eigenvalue weighted by Gasteiger charge is 2.33. The summed E-state index contributed by atoms with van der Waals surface area (Å²) in [6, 6.07) is 13.3. The van der Waals surface area contributed by atoms with Crippen molar-refractivity contribution in [3.05, 3.63) is 65.9 Å². The van der Waals surface area contributed by atoms with Gasteiger partial charge in [-0.2, -0.15) is 0 Å². The van der Waals surface area contributed by atoms with Gasteiger partial charge in [-0.25, -0.2) is 9.78 Å². The number of pyridine rings is 1. The summed E-state index contributed by atoms with van der Waals surface area (Å²) in [6.45, 7) is 0.627. The minimum Gasteiger partial charge on any atom is -0.447 e. The lowest BCUT2D eigenvalue weighted by molar-refractivity contribution is -0.120. The van der Waals surface area contributed by atoms with Gasteiger partial charge >= 0.3 is 6.09 Å². The summed E-state index contributed by atoms with van der Waals surface area (Å²) in [7, 11) is 0. The molecule has 4 rings (SSSR count). The lowest BCUT2D eigenvalue weighted by Crippen LogP contribution is -2.44. The second-order valence-corrected chi connectivity index (χ2v) is 9.29. The second-order valence-electron chi connectivity index (χ2n) is 7.00. The summed E-state index contributed by atoms with van der Waals surface area (Å²) in [4.78, 5) is 42.2. The van der Waals surface area contributed by atoms with Crippen LogP contribution in [-0.2, 0) is 25.7 Å². The van der Waals surface area contributed by atoms with Crippen LogP contribution >= 0.6 is 23.5 Å². The first-order chi connectivity index (χ1) is 16.1. The maximum Gasteiger partial charge on any atom is 0.414 e. The third-order valence-electron chi connectivity index (χ3n) is 4.69. The van der Waals surface area contributed by atoms with Gasteiger partial charge in [0.15, 0.2) is 5.37 Å². The molecule has 0 saturated carbocycles. The first-order valence-electron chi connectivity index (χ1n) is 10.2. The first kappa shape index (κ1) is 23.1. The van der Waals surface area contributed by atoms with Gasteiger partial charge in [0.1, 0.15) is 17.8 Å². The van der Waals surface area contributed by atoms with Gasteiger partial charge in [0.25, 0.3) is 11.8 Å². The monoisotopic (exact) mass is 486 g/mol. The number of carbonyl (C=O) groups is 3. The van der Waals surface area contributed by atoms with Crippen LogP contribution in [0.15, 0.2) is 65.2 Å². The first-order valence-corrected chi connectivity index (χ1v) is 12.1. The number of fused-ring (bicyclic) bond motifs is 1. The average Bonchev–Trinajstić information content (AvgIpc) is 3.46. The van der Waals surface area contributed by atoms with Crippen molar-refractivity contribution >= 4 is 47.2 Å². The van der Waals surface area contributed by atoms with Crippen LogP contribution in [0.25, 0.3) is 0 Å². The lowest BCUT2D eigenvalue weighted by atomic mass is 10.2. The Hall–Kier alpha value is -3.02. The number of aromatic nitrogens is 1. The molecule has 2 atom stereocenters. The molecule has 0 aliphatic carbocycles. The van der Waals surface area contributed by atoms with E-state index < -0.39 is 22.7 Å². The van der Waals surface area contributed by atoms with Crippen molar-refractivity contribution in [1.82, 2.24) is 15.6 Å². The molecule has 1 aromatic heterocycles. The molecule has 33 heavy (non-hydrogen) atoms. The quantitative estimate of drug-likeness (QED) is 0.484. The predicted molar refractivity (Wildman–Crippen MR) is 126 cm³/mol. The standard InChI is InChI=1S/C22H22N4O5S2/c27-18(26-22(29)31-11-10-30-13-14-5-2-1-3-6-14)15-8-12-32-20(15)25-19(28)21-24-17-16(33-21)7-4-9-23-17/h1-9,20-21H,10-13H2,(H,23,24)(H,25,28)(H,26,27,29). The molecule has 3 heterocycles. The molecule has 3 amide bonds. The molecule has 2 aromatic rings. The SMILES string of the molecule is O=C(NC(=O)C1=CCSC1NC(=O)C1Nc2ncccc2S1)OCCOCc1ccccc1. The number of nitrogens with one attached hydrogen (secondary N) is 3. The number of alkyl carbamates (subject to hydrolysis) is 1. The Morgan fingerprint density at radius 2 is 1.97 bits per heavy atom. The third-order valence-corrected chi connectivity index (χ3v) is 6.91. The summed E-state index contributed by atoms with van der Waals surface area (Å²) in [6.07, 6.45) is 2.48. The van der Waals surface area contributed by atoms with Crippen molar-refractivity contribution < 1.29 is 23.9 Å². The average molecular weight is 487 g/mol. The Morgan fingerprint density at radius 3 is 2.79 bits per heavy atom. The normalized spacial score (nSPS) is 18.6. The fourth-order valence-corrected chi connectivity index (χ4v) is 5.15. The molecular weight excluding hydrogens is 464 g/mol. The number of anilines is 1. The molecule has 3 N–H and O–H groups in total. The molecule has 0 spiro atoms. The van der Waals surface area contributed by atoms with Gasteiger partial charge in [-0.05, 0) is 17.7 Å². The number of ether oxygens (including phenoxy) is 2. The smallest absolute Gasteiger partial charge is 0.414 e. The molecule has 1 aromatic carbocycles. The van der Waals surface area contributed by atoms with Crippen LogP contribution in [0.2, 0.25) is 0 Å². The molecule has 2 aliphatic rings.